The summed E-state index contributed by atoms with van der Waals surface area (Å²) in [5.74, 6) is 0.604. The molecule has 0 aliphatic carbocycles. The minimum absolute atomic E-state index is 0.133. The summed E-state index contributed by atoms with van der Waals surface area (Å²) < 4.78 is 5.19. The molecule has 0 saturated carbocycles. The lowest BCUT2D eigenvalue weighted by Gasteiger charge is -2.16. The molecule has 0 spiro atoms. The van der Waals surface area contributed by atoms with Crippen molar-refractivity contribution < 1.29 is 9.53 Å². The van der Waals surface area contributed by atoms with Crippen LogP contribution in [0.1, 0.15) is 28.0 Å². The van der Waals surface area contributed by atoms with Gasteiger partial charge in [-0.2, -0.15) is 0 Å². The number of carbonyl (C=O) groups is 1. The molecule has 1 aliphatic heterocycles. The van der Waals surface area contributed by atoms with Gasteiger partial charge in [0.25, 0.3) is 5.91 Å². The average Bonchev–Trinajstić information content (AvgIpc) is 3.05. The van der Waals surface area contributed by atoms with Crippen molar-refractivity contribution in [3.05, 3.63) is 35.0 Å². The number of likely N-dealkylation sites (tertiary alicyclic amines) is 1. The minimum Gasteiger partial charge on any atom is -0.384 e. The second kappa shape index (κ2) is 5.53. The third-order valence-corrected chi connectivity index (χ3v) is 4.53. The molecule has 1 atom stereocenters. The smallest absolute Gasteiger partial charge is 0.253 e. The van der Waals surface area contributed by atoms with E-state index in [1.54, 1.807) is 7.11 Å². The summed E-state index contributed by atoms with van der Waals surface area (Å²) in [6.45, 7) is 6.52. The van der Waals surface area contributed by atoms with Gasteiger partial charge in [0.1, 0.15) is 0 Å². The Labute approximate surface area is 125 Å². The van der Waals surface area contributed by atoms with Gasteiger partial charge in [-0.1, -0.05) is 0 Å². The van der Waals surface area contributed by atoms with Crippen LogP contribution >= 0.6 is 0 Å². The molecule has 112 valence electrons. The molecule has 1 aromatic heterocycles. The summed E-state index contributed by atoms with van der Waals surface area (Å²) in [5.41, 5.74) is 4.26. The maximum Gasteiger partial charge on any atom is 0.253 e. The van der Waals surface area contributed by atoms with Gasteiger partial charge in [-0.15, -0.1) is 0 Å². The van der Waals surface area contributed by atoms with Crippen molar-refractivity contribution in [1.29, 1.82) is 0 Å². The molecule has 1 aliphatic rings. The monoisotopic (exact) mass is 286 g/mol. The Morgan fingerprint density at radius 2 is 2.24 bits per heavy atom. The number of hydrogen-bond donors (Lipinski definition) is 1. The Hall–Kier alpha value is -1.81. The minimum atomic E-state index is 0.133. The molecule has 1 amide bonds. The predicted octanol–water partition coefficient (Wildman–Crippen LogP) is 2.89. The number of nitrogens with zero attached hydrogens (tertiary/aromatic N) is 1. The third-order valence-electron chi connectivity index (χ3n) is 4.53. The van der Waals surface area contributed by atoms with E-state index in [1.165, 1.54) is 5.56 Å². The quantitative estimate of drug-likeness (QED) is 0.943. The average molecular weight is 286 g/mol. The number of methoxy groups -OCH3 is 1. The molecule has 1 saturated heterocycles. The van der Waals surface area contributed by atoms with Gasteiger partial charge < -0.3 is 14.6 Å². The molecular weight excluding hydrogens is 264 g/mol. The molecule has 4 nitrogen and oxygen atoms in total. The number of ether oxygens (including phenoxy) is 1. The first-order chi connectivity index (χ1) is 10.1. The lowest BCUT2D eigenvalue weighted by atomic mass is 10.1. The molecule has 1 fully saturated rings. The lowest BCUT2D eigenvalue weighted by molar-refractivity contribution is 0.0775. The topological polar surface area (TPSA) is 45.3 Å². The van der Waals surface area contributed by atoms with Crippen LogP contribution in [0.4, 0.5) is 0 Å². The van der Waals surface area contributed by atoms with Gasteiger partial charge in [-0.25, -0.2) is 0 Å². The Balaban J connectivity index is 1.83. The Morgan fingerprint density at radius 1 is 1.43 bits per heavy atom. The van der Waals surface area contributed by atoms with E-state index in [0.29, 0.717) is 5.92 Å². The summed E-state index contributed by atoms with van der Waals surface area (Å²) in [6.07, 6.45) is 1.03. The molecular formula is C17H22N2O2. The number of H-pyrrole nitrogens is 1. The molecule has 1 unspecified atom stereocenters. The second-order valence-electron chi connectivity index (χ2n) is 6.00. The zero-order valence-corrected chi connectivity index (χ0v) is 12.9. The highest BCUT2D eigenvalue weighted by atomic mass is 16.5. The highest BCUT2D eigenvalue weighted by Gasteiger charge is 2.27. The normalized spacial score (nSPS) is 18.6. The second-order valence-corrected chi connectivity index (χ2v) is 6.00. The van der Waals surface area contributed by atoms with Crippen molar-refractivity contribution in [1.82, 2.24) is 9.88 Å². The zero-order chi connectivity index (χ0) is 15.0. The van der Waals surface area contributed by atoms with Crippen LogP contribution in [0.15, 0.2) is 18.2 Å². The molecule has 3 rings (SSSR count). The maximum atomic E-state index is 12.6. The van der Waals surface area contributed by atoms with E-state index in [-0.39, 0.29) is 5.91 Å². The summed E-state index contributed by atoms with van der Waals surface area (Å²) in [4.78, 5) is 17.9. The fraction of sp³-hybridized carbons (Fsp3) is 0.471. The van der Waals surface area contributed by atoms with Gasteiger partial charge in [-0.05, 0) is 44.0 Å². The van der Waals surface area contributed by atoms with Crippen molar-refractivity contribution >= 4 is 16.8 Å². The summed E-state index contributed by atoms with van der Waals surface area (Å²) in [7, 11) is 1.72. The number of rotatable bonds is 3. The van der Waals surface area contributed by atoms with Crippen molar-refractivity contribution in [2.24, 2.45) is 5.92 Å². The number of aromatic amines is 1. The molecule has 2 aromatic rings. The molecule has 21 heavy (non-hydrogen) atoms. The number of carbonyl (C=O) groups excluding carboxylic acids is 1. The highest BCUT2D eigenvalue weighted by molar-refractivity contribution is 5.99. The van der Waals surface area contributed by atoms with Gasteiger partial charge in [0.2, 0.25) is 0 Å². The van der Waals surface area contributed by atoms with E-state index in [1.807, 2.05) is 23.1 Å². The largest absolute Gasteiger partial charge is 0.384 e. The first kappa shape index (κ1) is 14.1. The number of aromatic nitrogens is 1. The zero-order valence-electron chi connectivity index (χ0n) is 12.9. The fourth-order valence-corrected chi connectivity index (χ4v) is 3.17. The SMILES string of the molecule is COCC1CCN(C(=O)c2ccc3[nH]c(C)c(C)c3c2)C1. The van der Waals surface area contributed by atoms with Crippen LogP contribution in [-0.2, 0) is 4.74 Å². The van der Waals surface area contributed by atoms with E-state index >= 15 is 0 Å². The van der Waals surface area contributed by atoms with Crippen molar-refractivity contribution in [3.8, 4) is 0 Å². The van der Waals surface area contributed by atoms with Crippen molar-refractivity contribution in [2.45, 2.75) is 20.3 Å². The van der Waals surface area contributed by atoms with Gasteiger partial charge >= 0.3 is 0 Å². The maximum absolute atomic E-state index is 12.6. The first-order valence-corrected chi connectivity index (χ1v) is 7.47. The Bertz CT molecular complexity index is 675. The van der Waals surface area contributed by atoms with Crippen LogP contribution in [0.3, 0.4) is 0 Å². The number of benzene rings is 1. The van der Waals surface area contributed by atoms with Gasteiger partial charge in [0.05, 0.1) is 6.61 Å². The Morgan fingerprint density at radius 3 is 3.00 bits per heavy atom. The molecule has 2 heterocycles. The van der Waals surface area contributed by atoms with Crippen LogP contribution in [0.2, 0.25) is 0 Å². The van der Waals surface area contributed by atoms with Gasteiger partial charge in [-0.3, -0.25) is 4.79 Å². The van der Waals surface area contributed by atoms with E-state index in [2.05, 4.69) is 18.8 Å². The van der Waals surface area contributed by atoms with Gasteiger partial charge in [0.15, 0.2) is 0 Å². The number of fused-ring (bicyclic) bond motifs is 1. The van der Waals surface area contributed by atoms with Gasteiger partial charge in [0, 0.05) is 48.3 Å². The van der Waals surface area contributed by atoms with E-state index in [0.717, 1.165) is 48.3 Å². The molecule has 0 bridgehead atoms. The predicted molar refractivity (Wildman–Crippen MR) is 83.7 cm³/mol. The first-order valence-electron chi connectivity index (χ1n) is 7.47. The molecule has 1 N–H and O–H groups in total. The van der Waals surface area contributed by atoms with Crippen LogP contribution in [-0.4, -0.2) is 42.6 Å². The summed E-state index contributed by atoms with van der Waals surface area (Å²) in [5, 5.41) is 1.14. The molecule has 4 heteroatoms. The Kier molecular flexibility index (Phi) is 3.72. The molecule has 0 radical (unpaired) electrons. The van der Waals surface area contributed by atoms with Crippen molar-refractivity contribution in [2.75, 3.05) is 26.8 Å². The summed E-state index contributed by atoms with van der Waals surface area (Å²) >= 11 is 0. The number of nitrogens with one attached hydrogen (secondary N) is 1. The number of amides is 1. The van der Waals surface area contributed by atoms with Crippen LogP contribution in [0.5, 0.6) is 0 Å². The van der Waals surface area contributed by atoms with E-state index in [9.17, 15) is 4.79 Å². The van der Waals surface area contributed by atoms with Crippen LogP contribution in [0.25, 0.3) is 10.9 Å². The molecule has 1 aromatic carbocycles. The van der Waals surface area contributed by atoms with Crippen LogP contribution < -0.4 is 0 Å². The van der Waals surface area contributed by atoms with Crippen molar-refractivity contribution in [3.63, 3.8) is 0 Å². The van der Waals surface area contributed by atoms with Crippen LogP contribution in [0, 0.1) is 19.8 Å². The fourth-order valence-electron chi connectivity index (χ4n) is 3.17. The standard InChI is InChI=1S/C17H22N2O2/c1-11-12(2)18-16-5-4-14(8-15(11)16)17(20)19-7-6-13(9-19)10-21-3/h4-5,8,13,18H,6-7,9-10H2,1-3H3. The van der Waals surface area contributed by atoms with E-state index < -0.39 is 0 Å². The van der Waals surface area contributed by atoms with E-state index in [4.69, 9.17) is 4.74 Å². The number of hydrogen-bond acceptors (Lipinski definition) is 2. The number of aryl methyl sites for hydroxylation is 2. The third kappa shape index (κ3) is 2.56. The highest BCUT2D eigenvalue weighted by Crippen LogP contribution is 2.24. The lowest BCUT2D eigenvalue weighted by Crippen LogP contribution is -2.29. The summed E-state index contributed by atoms with van der Waals surface area (Å²) in [6, 6.07) is 5.94.